The molecule has 1 aromatic rings. The van der Waals surface area contributed by atoms with Crippen LogP contribution in [-0.2, 0) is 0 Å². The molecule has 3 unspecified atom stereocenters. The van der Waals surface area contributed by atoms with E-state index in [9.17, 15) is 0 Å². The fourth-order valence-corrected chi connectivity index (χ4v) is 3.37. The number of nitrogens with one attached hydrogen (secondary N) is 1. The Labute approximate surface area is 135 Å². The summed E-state index contributed by atoms with van der Waals surface area (Å²) < 4.78 is 6.08. The number of rotatable bonds is 5. The Kier molecular flexibility index (Phi) is 5.12. The molecule has 1 aliphatic carbocycles. The fourth-order valence-electron chi connectivity index (χ4n) is 2.78. The van der Waals surface area contributed by atoms with Crippen molar-refractivity contribution in [3.63, 3.8) is 0 Å². The highest BCUT2D eigenvalue weighted by Gasteiger charge is 2.51. The van der Waals surface area contributed by atoms with Gasteiger partial charge in [-0.2, -0.15) is 0 Å². The van der Waals surface area contributed by atoms with Crippen molar-refractivity contribution >= 4 is 34.8 Å². The Balaban J connectivity index is 2.13. The first kappa shape index (κ1) is 16.2. The van der Waals surface area contributed by atoms with Crippen molar-refractivity contribution in [2.24, 2.45) is 5.41 Å². The van der Waals surface area contributed by atoms with Crippen molar-refractivity contribution in [1.82, 2.24) is 5.32 Å². The lowest BCUT2D eigenvalue weighted by atomic mass is 9.61. The van der Waals surface area contributed by atoms with Gasteiger partial charge in [0.1, 0.15) is 11.9 Å². The third-order valence-corrected chi connectivity index (χ3v) is 5.46. The summed E-state index contributed by atoms with van der Waals surface area (Å²) in [4.78, 5) is 0. The van der Waals surface area contributed by atoms with E-state index in [1.54, 1.807) is 12.1 Å². The first-order chi connectivity index (χ1) is 9.42. The minimum absolute atomic E-state index is 0.117. The molecule has 3 atom stereocenters. The number of halogens is 3. The Morgan fingerprint density at radius 3 is 2.45 bits per heavy atom. The molecule has 0 radical (unpaired) electrons. The van der Waals surface area contributed by atoms with Crippen LogP contribution in [0.25, 0.3) is 0 Å². The highest BCUT2D eigenvalue weighted by Crippen LogP contribution is 2.47. The normalized spacial score (nSPS) is 29.1. The molecule has 5 heteroatoms. The van der Waals surface area contributed by atoms with Crippen LogP contribution in [0.4, 0.5) is 0 Å². The molecule has 20 heavy (non-hydrogen) atoms. The molecule has 0 aliphatic heterocycles. The van der Waals surface area contributed by atoms with Crippen LogP contribution in [0.3, 0.4) is 0 Å². The first-order valence-corrected chi connectivity index (χ1v) is 8.10. The summed E-state index contributed by atoms with van der Waals surface area (Å²) in [5.74, 6) is 0.612. The van der Waals surface area contributed by atoms with Crippen LogP contribution in [0.1, 0.15) is 33.6 Å². The maximum atomic E-state index is 6.18. The Morgan fingerprint density at radius 2 is 1.85 bits per heavy atom. The van der Waals surface area contributed by atoms with E-state index < -0.39 is 0 Å². The summed E-state index contributed by atoms with van der Waals surface area (Å²) >= 11 is 18.1. The van der Waals surface area contributed by atoms with Crippen molar-refractivity contribution in [3.8, 4) is 5.75 Å². The summed E-state index contributed by atoms with van der Waals surface area (Å²) in [5, 5.41) is 4.93. The van der Waals surface area contributed by atoms with Crippen LogP contribution in [0.15, 0.2) is 12.1 Å². The van der Waals surface area contributed by atoms with Crippen LogP contribution in [0, 0.1) is 5.41 Å². The second-order valence-electron chi connectivity index (χ2n) is 5.51. The van der Waals surface area contributed by atoms with Crippen molar-refractivity contribution < 1.29 is 4.74 Å². The lowest BCUT2D eigenvalue weighted by Crippen LogP contribution is -2.63. The van der Waals surface area contributed by atoms with E-state index >= 15 is 0 Å². The molecule has 0 heterocycles. The van der Waals surface area contributed by atoms with Gasteiger partial charge in [-0.25, -0.2) is 0 Å². The molecular weight excluding hydrogens is 317 g/mol. The molecular formula is C15H20Cl3NO. The summed E-state index contributed by atoms with van der Waals surface area (Å²) in [6.45, 7) is 7.54. The van der Waals surface area contributed by atoms with Gasteiger partial charge in [-0.05, 0) is 19.0 Å². The molecule has 0 aromatic heterocycles. The summed E-state index contributed by atoms with van der Waals surface area (Å²) in [7, 11) is 0. The van der Waals surface area contributed by atoms with Crippen molar-refractivity contribution in [2.75, 3.05) is 6.54 Å². The summed E-state index contributed by atoms with van der Waals surface area (Å²) in [6, 6.07) is 3.82. The molecule has 0 saturated heterocycles. The lowest BCUT2D eigenvalue weighted by Gasteiger charge is -2.53. The summed E-state index contributed by atoms with van der Waals surface area (Å²) in [5.41, 5.74) is 0.117. The van der Waals surface area contributed by atoms with Crippen molar-refractivity contribution in [3.05, 3.63) is 27.2 Å². The molecule has 0 amide bonds. The number of benzene rings is 1. The molecule has 2 rings (SSSR count). The third kappa shape index (κ3) is 2.89. The van der Waals surface area contributed by atoms with Gasteiger partial charge in [0.05, 0.1) is 15.1 Å². The average molecular weight is 337 g/mol. The third-order valence-electron chi connectivity index (χ3n) is 4.44. The zero-order valence-electron chi connectivity index (χ0n) is 12.0. The fraction of sp³-hybridized carbons (Fsp3) is 0.600. The zero-order valence-corrected chi connectivity index (χ0v) is 14.2. The van der Waals surface area contributed by atoms with Crippen molar-refractivity contribution in [1.29, 1.82) is 0 Å². The minimum Gasteiger partial charge on any atom is -0.488 e. The van der Waals surface area contributed by atoms with Crippen LogP contribution < -0.4 is 10.1 Å². The molecule has 112 valence electrons. The van der Waals surface area contributed by atoms with Crippen LogP contribution in [-0.4, -0.2) is 18.7 Å². The van der Waals surface area contributed by atoms with E-state index in [0.29, 0.717) is 26.9 Å². The van der Waals surface area contributed by atoms with Crippen LogP contribution in [0.2, 0.25) is 15.1 Å². The smallest absolute Gasteiger partial charge is 0.139 e. The van der Waals surface area contributed by atoms with E-state index in [1.807, 2.05) is 0 Å². The second-order valence-corrected chi connectivity index (χ2v) is 6.73. The molecule has 1 saturated carbocycles. The second kappa shape index (κ2) is 6.31. The predicted molar refractivity (Wildman–Crippen MR) is 86.4 cm³/mol. The Morgan fingerprint density at radius 1 is 1.20 bits per heavy atom. The van der Waals surface area contributed by atoms with Gasteiger partial charge in [-0.1, -0.05) is 55.6 Å². The Bertz CT molecular complexity index is 494. The highest BCUT2D eigenvalue weighted by atomic mass is 35.5. The molecule has 0 spiro atoms. The van der Waals surface area contributed by atoms with Gasteiger partial charge in [0.2, 0.25) is 0 Å². The molecule has 1 fully saturated rings. The predicted octanol–water partition coefficient (Wildman–Crippen LogP) is 5.19. The topological polar surface area (TPSA) is 21.3 Å². The van der Waals surface area contributed by atoms with Gasteiger partial charge in [-0.15, -0.1) is 0 Å². The quantitative estimate of drug-likeness (QED) is 0.747. The van der Waals surface area contributed by atoms with E-state index in [-0.39, 0.29) is 11.5 Å². The molecule has 1 aliphatic rings. The zero-order chi connectivity index (χ0) is 14.9. The molecule has 2 nitrogen and oxygen atoms in total. The molecule has 1 N–H and O–H groups in total. The molecule has 0 bridgehead atoms. The largest absolute Gasteiger partial charge is 0.488 e. The van der Waals surface area contributed by atoms with Crippen LogP contribution >= 0.6 is 34.8 Å². The van der Waals surface area contributed by atoms with Gasteiger partial charge in [0, 0.05) is 23.9 Å². The van der Waals surface area contributed by atoms with E-state index in [0.717, 1.165) is 19.4 Å². The monoisotopic (exact) mass is 335 g/mol. The van der Waals surface area contributed by atoms with Gasteiger partial charge in [0.15, 0.2) is 0 Å². The number of hydrogen-bond acceptors (Lipinski definition) is 2. The van der Waals surface area contributed by atoms with E-state index in [4.69, 9.17) is 39.5 Å². The average Bonchev–Trinajstić information content (AvgIpc) is 2.42. The van der Waals surface area contributed by atoms with Gasteiger partial charge < -0.3 is 10.1 Å². The van der Waals surface area contributed by atoms with Crippen LogP contribution in [0.5, 0.6) is 5.75 Å². The minimum atomic E-state index is 0.117. The highest BCUT2D eigenvalue weighted by molar-refractivity contribution is 6.43. The first-order valence-electron chi connectivity index (χ1n) is 6.97. The maximum Gasteiger partial charge on any atom is 0.139 e. The SMILES string of the molecule is CCNC1CC(Oc2cc(Cl)c(Cl)cc2Cl)C1(C)CC. The Hall–Kier alpha value is -0.150. The standard InChI is InChI=1S/C15H20Cl3NO/c1-4-15(3)13(19-5-2)8-14(15)20-12-7-10(17)9(16)6-11(12)18/h6-7,13-14,19H,4-5,8H2,1-3H3. The lowest BCUT2D eigenvalue weighted by molar-refractivity contribution is -0.0696. The number of hydrogen-bond donors (Lipinski definition) is 1. The van der Waals surface area contributed by atoms with Gasteiger partial charge in [0.25, 0.3) is 0 Å². The van der Waals surface area contributed by atoms with Gasteiger partial charge in [-0.3, -0.25) is 0 Å². The maximum absolute atomic E-state index is 6.18. The molecule has 1 aromatic carbocycles. The summed E-state index contributed by atoms with van der Waals surface area (Å²) in [6.07, 6.45) is 2.18. The number of ether oxygens (including phenoxy) is 1. The van der Waals surface area contributed by atoms with E-state index in [1.165, 1.54) is 0 Å². The van der Waals surface area contributed by atoms with Gasteiger partial charge >= 0.3 is 0 Å². The van der Waals surface area contributed by atoms with E-state index in [2.05, 4.69) is 26.1 Å². The van der Waals surface area contributed by atoms with Crippen molar-refractivity contribution in [2.45, 2.75) is 45.8 Å².